The Balaban J connectivity index is 1.72. The highest BCUT2D eigenvalue weighted by atomic mass is 16.4. The second-order valence-corrected chi connectivity index (χ2v) is 6.90. The molecule has 25 heavy (non-hydrogen) atoms. The van der Waals surface area contributed by atoms with Crippen LogP contribution in [0, 0.1) is 0 Å². The van der Waals surface area contributed by atoms with Crippen LogP contribution in [0.25, 0.3) is 0 Å². The van der Waals surface area contributed by atoms with Crippen molar-refractivity contribution in [2.75, 3.05) is 18.0 Å². The molecule has 0 bridgehead atoms. The monoisotopic (exact) mass is 337 g/mol. The summed E-state index contributed by atoms with van der Waals surface area (Å²) < 4.78 is 0. The summed E-state index contributed by atoms with van der Waals surface area (Å²) in [4.78, 5) is 14.2. The number of hydrogen-bond acceptors (Lipinski definition) is 2. The first-order valence-corrected chi connectivity index (χ1v) is 9.33. The third-order valence-electron chi connectivity index (χ3n) is 5.19. The summed E-state index contributed by atoms with van der Waals surface area (Å²) in [6.45, 7) is 4.36. The molecular formula is C22H27NO2. The zero-order valence-electron chi connectivity index (χ0n) is 14.9. The van der Waals surface area contributed by atoms with Gasteiger partial charge in [-0.05, 0) is 60.9 Å². The first-order valence-electron chi connectivity index (χ1n) is 9.33. The van der Waals surface area contributed by atoms with Gasteiger partial charge in [0.2, 0.25) is 0 Å². The van der Waals surface area contributed by atoms with Crippen LogP contribution in [0.5, 0.6) is 0 Å². The molecule has 1 N–H and O–H groups in total. The number of hydrogen-bond donors (Lipinski definition) is 1. The van der Waals surface area contributed by atoms with Gasteiger partial charge in [-0.15, -0.1) is 0 Å². The zero-order valence-corrected chi connectivity index (χ0v) is 14.9. The Morgan fingerprint density at radius 3 is 2.12 bits per heavy atom. The first kappa shape index (κ1) is 17.5. The molecule has 0 aromatic heterocycles. The maximum absolute atomic E-state index is 11.8. The summed E-state index contributed by atoms with van der Waals surface area (Å²) in [6.07, 6.45) is 5.34. The van der Waals surface area contributed by atoms with E-state index in [0.717, 1.165) is 30.6 Å². The van der Waals surface area contributed by atoms with E-state index in [-0.39, 0.29) is 0 Å². The molecule has 132 valence electrons. The van der Waals surface area contributed by atoms with Crippen LogP contribution in [-0.2, 0) is 17.6 Å². The van der Waals surface area contributed by atoms with Crippen molar-refractivity contribution in [1.29, 1.82) is 0 Å². The van der Waals surface area contributed by atoms with Gasteiger partial charge in [-0.25, -0.2) is 0 Å². The van der Waals surface area contributed by atoms with Crippen molar-refractivity contribution in [2.45, 2.75) is 44.9 Å². The molecule has 1 aliphatic rings. The van der Waals surface area contributed by atoms with Crippen LogP contribution < -0.4 is 4.90 Å². The van der Waals surface area contributed by atoms with Gasteiger partial charge in [0.25, 0.3) is 0 Å². The SMILES string of the molecule is CCc1ccc(C(Cc2ccc(N3CCCCC3)cc2)C(=O)O)cc1. The van der Waals surface area contributed by atoms with Gasteiger partial charge < -0.3 is 10.0 Å². The van der Waals surface area contributed by atoms with Crippen LogP contribution in [-0.4, -0.2) is 24.2 Å². The fourth-order valence-corrected chi connectivity index (χ4v) is 3.56. The summed E-state index contributed by atoms with van der Waals surface area (Å²) in [5.41, 5.74) is 4.44. The molecule has 3 rings (SSSR count). The summed E-state index contributed by atoms with van der Waals surface area (Å²) in [6, 6.07) is 16.4. The van der Waals surface area contributed by atoms with Gasteiger partial charge in [0, 0.05) is 18.8 Å². The van der Waals surface area contributed by atoms with E-state index < -0.39 is 11.9 Å². The minimum Gasteiger partial charge on any atom is -0.481 e. The number of rotatable bonds is 6. The van der Waals surface area contributed by atoms with Crippen molar-refractivity contribution in [1.82, 2.24) is 0 Å². The third kappa shape index (κ3) is 4.41. The molecule has 1 heterocycles. The fraction of sp³-hybridized carbons (Fsp3) is 0.409. The van der Waals surface area contributed by atoms with Crippen molar-refractivity contribution in [3.8, 4) is 0 Å². The number of aliphatic carboxylic acids is 1. The number of carboxylic acids is 1. The van der Waals surface area contributed by atoms with Crippen molar-refractivity contribution in [3.63, 3.8) is 0 Å². The molecule has 0 amide bonds. The minimum absolute atomic E-state index is 0.494. The third-order valence-corrected chi connectivity index (χ3v) is 5.19. The minimum atomic E-state index is -0.760. The Labute approximate surface area is 150 Å². The predicted octanol–water partition coefficient (Wildman–Crippen LogP) is 4.65. The molecule has 1 saturated heterocycles. The smallest absolute Gasteiger partial charge is 0.311 e. The maximum Gasteiger partial charge on any atom is 0.311 e. The van der Waals surface area contributed by atoms with E-state index in [1.165, 1.54) is 30.5 Å². The van der Waals surface area contributed by atoms with E-state index >= 15 is 0 Å². The van der Waals surface area contributed by atoms with Crippen LogP contribution >= 0.6 is 0 Å². The molecule has 0 spiro atoms. The molecule has 1 unspecified atom stereocenters. The number of aryl methyl sites for hydroxylation is 1. The number of piperidine rings is 1. The van der Waals surface area contributed by atoms with Gasteiger partial charge in [0.15, 0.2) is 0 Å². The second-order valence-electron chi connectivity index (χ2n) is 6.90. The van der Waals surface area contributed by atoms with E-state index in [1.54, 1.807) is 0 Å². The molecule has 0 radical (unpaired) electrons. The highest BCUT2D eigenvalue weighted by molar-refractivity contribution is 5.76. The van der Waals surface area contributed by atoms with Crippen molar-refractivity contribution in [3.05, 3.63) is 65.2 Å². The lowest BCUT2D eigenvalue weighted by atomic mass is 9.91. The van der Waals surface area contributed by atoms with Gasteiger partial charge >= 0.3 is 5.97 Å². The van der Waals surface area contributed by atoms with Crippen molar-refractivity contribution >= 4 is 11.7 Å². The predicted molar refractivity (Wildman–Crippen MR) is 102 cm³/mol. The lowest BCUT2D eigenvalue weighted by Crippen LogP contribution is -2.29. The highest BCUT2D eigenvalue weighted by Gasteiger charge is 2.20. The normalized spacial score (nSPS) is 15.8. The van der Waals surface area contributed by atoms with Gasteiger partial charge in [-0.3, -0.25) is 4.79 Å². The molecule has 1 atom stereocenters. The van der Waals surface area contributed by atoms with Crippen LogP contribution in [0.15, 0.2) is 48.5 Å². The van der Waals surface area contributed by atoms with E-state index in [4.69, 9.17) is 0 Å². The summed E-state index contributed by atoms with van der Waals surface area (Å²) >= 11 is 0. The number of benzene rings is 2. The Hall–Kier alpha value is -2.29. The van der Waals surface area contributed by atoms with Gasteiger partial charge in [-0.1, -0.05) is 43.3 Å². The van der Waals surface area contributed by atoms with Crippen LogP contribution in [0.3, 0.4) is 0 Å². The Bertz CT molecular complexity index is 685. The molecule has 3 heteroatoms. The molecule has 0 saturated carbocycles. The largest absolute Gasteiger partial charge is 0.481 e. The van der Waals surface area contributed by atoms with Crippen LogP contribution in [0.4, 0.5) is 5.69 Å². The van der Waals surface area contributed by atoms with Gasteiger partial charge in [0.05, 0.1) is 5.92 Å². The van der Waals surface area contributed by atoms with Crippen LogP contribution in [0.1, 0.15) is 48.8 Å². The standard InChI is InChI=1S/C22H27NO2/c1-2-17-6-10-19(11-7-17)21(22(24)25)16-18-8-12-20(13-9-18)23-14-4-3-5-15-23/h6-13,21H,2-5,14-16H2,1H3,(H,24,25). The second kappa shape index (κ2) is 8.19. The average Bonchev–Trinajstić information content (AvgIpc) is 2.67. The maximum atomic E-state index is 11.8. The number of nitrogens with zero attached hydrogens (tertiary/aromatic N) is 1. The molecule has 1 fully saturated rings. The molecular weight excluding hydrogens is 310 g/mol. The molecule has 2 aromatic rings. The molecule has 1 aliphatic heterocycles. The van der Waals surface area contributed by atoms with E-state index in [2.05, 4.69) is 36.1 Å². The van der Waals surface area contributed by atoms with Gasteiger partial charge in [0.1, 0.15) is 0 Å². The number of anilines is 1. The quantitative estimate of drug-likeness (QED) is 0.834. The Morgan fingerprint density at radius 2 is 1.56 bits per heavy atom. The lowest BCUT2D eigenvalue weighted by molar-refractivity contribution is -0.138. The van der Waals surface area contributed by atoms with Crippen molar-refractivity contribution < 1.29 is 9.90 Å². The summed E-state index contributed by atoms with van der Waals surface area (Å²) in [5.74, 6) is -1.25. The van der Waals surface area contributed by atoms with Gasteiger partial charge in [-0.2, -0.15) is 0 Å². The Morgan fingerprint density at radius 1 is 0.960 bits per heavy atom. The number of carbonyl (C=O) groups is 1. The molecule has 0 aliphatic carbocycles. The molecule has 2 aromatic carbocycles. The highest BCUT2D eigenvalue weighted by Crippen LogP contribution is 2.25. The lowest BCUT2D eigenvalue weighted by Gasteiger charge is -2.29. The first-order chi connectivity index (χ1) is 12.2. The van der Waals surface area contributed by atoms with Crippen molar-refractivity contribution in [2.24, 2.45) is 0 Å². The van der Waals surface area contributed by atoms with E-state index in [9.17, 15) is 9.90 Å². The Kier molecular flexibility index (Phi) is 5.75. The van der Waals surface area contributed by atoms with E-state index in [1.807, 2.05) is 24.3 Å². The average molecular weight is 337 g/mol. The zero-order chi connectivity index (χ0) is 17.6. The molecule has 3 nitrogen and oxygen atoms in total. The fourth-order valence-electron chi connectivity index (χ4n) is 3.56. The van der Waals surface area contributed by atoms with E-state index in [0.29, 0.717) is 6.42 Å². The summed E-state index contributed by atoms with van der Waals surface area (Å²) in [7, 11) is 0. The topological polar surface area (TPSA) is 40.5 Å². The summed E-state index contributed by atoms with van der Waals surface area (Å²) in [5, 5.41) is 9.66. The number of carboxylic acid groups (broad SMARTS) is 1. The van der Waals surface area contributed by atoms with Crippen LogP contribution in [0.2, 0.25) is 0 Å².